The second-order valence-electron chi connectivity index (χ2n) is 8.95. The molecule has 3 heterocycles. The molecule has 0 spiro atoms. The van der Waals surface area contributed by atoms with Crippen LogP contribution >= 0.6 is 0 Å². The molecule has 184 valence electrons. The largest absolute Gasteiger partial charge is 0.507 e. The first kappa shape index (κ1) is 24.3. The molecule has 10 heteroatoms. The number of anilines is 1. The summed E-state index contributed by atoms with van der Waals surface area (Å²) in [5.41, 5.74) is 1.67. The number of phenolic OH excluding ortho intramolecular Hbond substituents is 1. The molecule has 1 aromatic carbocycles. The molecule has 2 fully saturated rings. The van der Waals surface area contributed by atoms with Gasteiger partial charge in [0.15, 0.2) is 0 Å². The van der Waals surface area contributed by atoms with Gasteiger partial charge in [-0.2, -0.15) is 4.31 Å². The fourth-order valence-electron chi connectivity index (χ4n) is 4.40. The lowest BCUT2D eigenvalue weighted by molar-refractivity contribution is 0.172. The summed E-state index contributed by atoms with van der Waals surface area (Å²) in [4.78, 5) is 21.0. The van der Waals surface area contributed by atoms with Crippen LogP contribution in [0, 0.1) is 6.92 Å². The molecule has 0 saturated carbocycles. The predicted molar refractivity (Wildman–Crippen MR) is 130 cm³/mol. The van der Waals surface area contributed by atoms with E-state index in [4.69, 9.17) is 0 Å². The molecular weight excluding hydrogens is 454 g/mol. The van der Waals surface area contributed by atoms with Gasteiger partial charge in [0, 0.05) is 52.0 Å². The van der Waals surface area contributed by atoms with Crippen molar-refractivity contribution in [2.45, 2.75) is 44.0 Å². The summed E-state index contributed by atoms with van der Waals surface area (Å²) in [6, 6.07) is 8.29. The Kier molecular flexibility index (Phi) is 7.57. The van der Waals surface area contributed by atoms with Gasteiger partial charge >= 0.3 is 6.03 Å². The smallest absolute Gasteiger partial charge is 0.317 e. The zero-order chi connectivity index (χ0) is 24.1. The highest BCUT2D eigenvalue weighted by atomic mass is 32.2. The monoisotopic (exact) mass is 487 g/mol. The van der Waals surface area contributed by atoms with Crippen molar-refractivity contribution in [3.05, 3.63) is 47.7 Å². The summed E-state index contributed by atoms with van der Waals surface area (Å²) in [5, 5.41) is 12.9. The van der Waals surface area contributed by atoms with Crippen molar-refractivity contribution in [2.24, 2.45) is 0 Å². The number of piperazine rings is 1. The number of rotatable bonds is 5. The van der Waals surface area contributed by atoms with Gasteiger partial charge in [-0.05, 0) is 49.1 Å². The van der Waals surface area contributed by atoms with Crippen LogP contribution in [0.15, 0.2) is 41.4 Å². The lowest BCUT2D eigenvalue weighted by Crippen LogP contribution is -2.52. The van der Waals surface area contributed by atoms with Gasteiger partial charge in [-0.1, -0.05) is 25.0 Å². The number of carbonyl (C=O) groups is 1. The van der Waals surface area contributed by atoms with Crippen molar-refractivity contribution in [3.8, 4) is 5.75 Å². The Morgan fingerprint density at radius 3 is 2.35 bits per heavy atom. The molecule has 0 radical (unpaired) electrons. The first-order chi connectivity index (χ1) is 16.3. The highest BCUT2D eigenvalue weighted by Crippen LogP contribution is 2.27. The highest BCUT2D eigenvalue weighted by Gasteiger charge is 2.31. The summed E-state index contributed by atoms with van der Waals surface area (Å²) in [5.74, 6) is 0.718. The molecule has 0 unspecified atom stereocenters. The number of urea groups is 1. The average Bonchev–Trinajstić information content (AvgIpc) is 3.14. The molecule has 2 aliphatic heterocycles. The molecule has 2 saturated heterocycles. The van der Waals surface area contributed by atoms with Gasteiger partial charge in [-0.15, -0.1) is 0 Å². The first-order valence-electron chi connectivity index (χ1n) is 11.9. The summed E-state index contributed by atoms with van der Waals surface area (Å²) in [6.07, 6.45) is 6.74. The maximum absolute atomic E-state index is 12.9. The number of hydrogen-bond acceptors (Lipinski definition) is 6. The van der Waals surface area contributed by atoms with Crippen molar-refractivity contribution < 1.29 is 18.3 Å². The maximum Gasteiger partial charge on any atom is 0.317 e. The maximum atomic E-state index is 12.9. The van der Waals surface area contributed by atoms with Crippen LogP contribution in [0.2, 0.25) is 0 Å². The number of aromatic nitrogens is 1. The zero-order valence-corrected chi connectivity index (χ0v) is 20.4. The third kappa shape index (κ3) is 5.61. The number of carbonyl (C=O) groups excluding carboxylic acids is 1. The van der Waals surface area contributed by atoms with Gasteiger partial charge in [-0.25, -0.2) is 18.2 Å². The third-order valence-corrected chi connectivity index (χ3v) is 8.37. The van der Waals surface area contributed by atoms with E-state index in [0.29, 0.717) is 6.54 Å². The number of nitrogens with one attached hydrogen (secondary N) is 1. The Hall–Kier alpha value is -2.85. The SMILES string of the molecule is Cc1ccc(O)c(S(=O)(=O)N2CCN(C(=O)NCc3ccc(N4CCCCCC4)nc3)CC2)c1. The summed E-state index contributed by atoms with van der Waals surface area (Å²) in [6.45, 7) is 5.13. The van der Waals surface area contributed by atoms with E-state index in [1.807, 2.05) is 12.1 Å². The van der Waals surface area contributed by atoms with Crippen molar-refractivity contribution in [1.82, 2.24) is 19.5 Å². The van der Waals surface area contributed by atoms with Gasteiger partial charge in [0.25, 0.3) is 0 Å². The average molecular weight is 488 g/mol. The topological polar surface area (TPSA) is 106 Å². The number of nitrogens with zero attached hydrogens (tertiary/aromatic N) is 4. The predicted octanol–water partition coefficient (Wildman–Crippen LogP) is 2.69. The Morgan fingerprint density at radius 1 is 1.00 bits per heavy atom. The second-order valence-corrected chi connectivity index (χ2v) is 10.9. The Morgan fingerprint density at radius 2 is 1.71 bits per heavy atom. The lowest BCUT2D eigenvalue weighted by Gasteiger charge is -2.34. The van der Waals surface area contributed by atoms with E-state index in [1.54, 1.807) is 24.1 Å². The van der Waals surface area contributed by atoms with Crippen LogP contribution < -0.4 is 10.2 Å². The van der Waals surface area contributed by atoms with Crippen molar-refractivity contribution in [3.63, 3.8) is 0 Å². The van der Waals surface area contributed by atoms with Crippen LogP contribution in [0.25, 0.3) is 0 Å². The molecule has 1 aromatic heterocycles. The van der Waals surface area contributed by atoms with Gasteiger partial charge in [-0.3, -0.25) is 0 Å². The van der Waals surface area contributed by atoms with E-state index in [2.05, 4.69) is 15.2 Å². The molecular formula is C24H33N5O4S. The van der Waals surface area contributed by atoms with Crippen LogP contribution in [0.1, 0.15) is 36.8 Å². The van der Waals surface area contributed by atoms with E-state index in [-0.39, 0.29) is 42.9 Å². The molecule has 2 N–H and O–H groups in total. The standard InChI is InChI=1S/C24H33N5O4S/c1-19-6-8-21(30)22(16-19)34(32,33)29-14-12-28(13-15-29)24(31)26-18-20-7-9-23(25-17-20)27-10-4-2-3-5-11-27/h6-9,16-17,30H,2-5,10-15,18H2,1H3,(H,26,31). The Bertz CT molecular complexity index is 1090. The highest BCUT2D eigenvalue weighted by molar-refractivity contribution is 7.89. The van der Waals surface area contributed by atoms with Crippen molar-refractivity contribution >= 4 is 21.9 Å². The minimum absolute atomic E-state index is 0.0958. The van der Waals surface area contributed by atoms with Crippen LogP contribution in [0.4, 0.5) is 10.6 Å². The van der Waals surface area contributed by atoms with Gasteiger partial charge in [0.2, 0.25) is 10.0 Å². The van der Waals surface area contributed by atoms with Crippen LogP contribution in [0.3, 0.4) is 0 Å². The Balaban J connectivity index is 1.28. The molecule has 2 amide bonds. The summed E-state index contributed by atoms with van der Waals surface area (Å²) < 4.78 is 27.2. The number of amides is 2. The van der Waals surface area contributed by atoms with Gasteiger partial charge in [0.1, 0.15) is 16.5 Å². The van der Waals surface area contributed by atoms with E-state index in [1.165, 1.54) is 42.1 Å². The van der Waals surface area contributed by atoms with Crippen LogP contribution in [-0.2, 0) is 16.6 Å². The molecule has 34 heavy (non-hydrogen) atoms. The second kappa shape index (κ2) is 10.6. The molecule has 2 aromatic rings. The zero-order valence-electron chi connectivity index (χ0n) is 19.6. The molecule has 4 rings (SSSR count). The molecule has 0 bridgehead atoms. The first-order valence-corrected chi connectivity index (χ1v) is 13.3. The Labute approximate surface area is 201 Å². The third-order valence-electron chi connectivity index (χ3n) is 6.44. The minimum Gasteiger partial charge on any atom is -0.507 e. The molecule has 0 atom stereocenters. The van der Waals surface area contributed by atoms with Crippen LogP contribution in [0.5, 0.6) is 5.75 Å². The lowest BCUT2D eigenvalue weighted by atomic mass is 10.2. The van der Waals surface area contributed by atoms with Gasteiger partial charge in [0.05, 0.1) is 0 Å². The number of sulfonamides is 1. The fraction of sp³-hybridized carbons (Fsp3) is 0.500. The molecule has 9 nitrogen and oxygen atoms in total. The number of aryl methyl sites for hydroxylation is 1. The van der Waals surface area contributed by atoms with E-state index < -0.39 is 10.0 Å². The van der Waals surface area contributed by atoms with Gasteiger partial charge < -0.3 is 20.2 Å². The normalized spacial score (nSPS) is 17.9. The molecule has 2 aliphatic rings. The fourth-order valence-corrected chi connectivity index (χ4v) is 5.99. The summed E-state index contributed by atoms with van der Waals surface area (Å²) in [7, 11) is -3.82. The summed E-state index contributed by atoms with van der Waals surface area (Å²) >= 11 is 0. The van der Waals surface area contributed by atoms with E-state index in [9.17, 15) is 18.3 Å². The van der Waals surface area contributed by atoms with E-state index in [0.717, 1.165) is 30.0 Å². The number of hydrogen-bond donors (Lipinski definition) is 2. The minimum atomic E-state index is -3.82. The van der Waals surface area contributed by atoms with Crippen LogP contribution in [-0.4, -0.2) is 73.0 Å². The number of benzene rings is 1. The van der Waals surface area contributed by atoms with Crippen molar-refractivity contribution in [1.29, 1.82) is 0 Å². The molecule has 0 aliphatic carbocycles. The van der Waals surface area contributed by atoms with Crippen molar-refractivity contribution in [2.75, 3.05) is 44.2 Å². The number of phenols is 1. The number of aromatic hydroxyl groups is 1. The quantitative estimate of drug-likeness (QED) is 0.672. The number of pyridine rings is 1. The van der Waals surface area contributed by atoms with E-state index >= 15 is 0 Å².